The highest BCUT2D eigenvalue weighted by Gasteiger charge is 2.17. The average Bonchev–Trinajstić information content (AvgIpc) is 2.25. The molecule has 18 heavy (non-hydrogen) atoms. The number of sulfone groups is 1. The molecule has 0 spiro atoms. The van der Waals surface area contributed by atoms with Crippen LogP contribution in [0.15, 0.2) is 40.6 Å². The number of hydrogen-bond donors (Lipinski definition) is 1. The maximum atomic E-state index is 11.7. The molecule has 1 aromatic carbocycles. The number of allylic oxidation sites excluding steroid dienone is 1. The maximum absolute atomic E-state index is 11.7. The van der Waals surface area contributed by atoms with Crippen molar-refractivity contribution in [2.24, 2.45) is 0 Å². The van der Waals surface area contributed by atoms with E-state index in [-0.39, 0.29) is 4.90 Å². The first-order valence-corrected chi connectivity index (χ1v) is 10.5. The molecule has 0 saturated heterocycles. The molecule has 97 valence electrons. The van der Waals surface area contributed by atoms with E-state index in [0.29, 0.717) is 5.69 Å². The van der Waals surface area contributed by atoms with E-state index in [0.717, 1.165) is 11.5 Å². The fraction of sp³-hybridized carbons (Fsp3) is 0. The minimum Gasteiger partial charge on any atom is -0.334 e. The van der Waals surface area contributed by atoms with Crippen molar-refractivity contribution in [1.82, 2.24) is 0 Å². The number of halogens is 3. The molecule has 0 heterocycles. The van der Waals surface area contributed by atoms with Crippen molar-refractivity contribution in [3.05, 3.63) is 35.7 Å². The molecule has 1 radical (unpaired) electrons. The Morgan fingerprint density at radius 2 is 1.78 bits per heavy atom. The van der Waals surface area contributed by atoms with Gasteiger partial charge in [-0.1, -0.05) is 0 Å². The molecule has 0 aliphatic rings. The molecule has 4 nitrogen and oxygen atoms in total. The highest BCUT2D eigenvalue weighted by Crippen LogP contribution is 2.72. The van der Waals surface area contributed by atoms with E-state index >= 15 is 0 Å². The summed E-state index contributed by atoms with van der Waals surface area (Å²) in [7, 11) is -3.60. The van der Waals surface area contributed by atoms with Gasteiger partial charge < -0.3 is 5.09 Å². The van der Waals surface area contributed by atoms with Gasteiger partial charge in [-0.2, -0.15) is 5.26 Å². The summed E-state index contributed by atoms with van der Waals surface area (Å²) in [5, 5.41) is 11.8. The summed E-state index contributed by atoms with van der Waals surface area (Å²) in [5.41, 5.74) is -2.24. The van der Waals surface area contributed by atoms with E-state index in [1.165, 1.54) is 24.3 Å². The SMILES string of the molecule is N#CC=CS(=O)(=O)c1ccc(N[P](Cl)(Cl)Cl)cc1. The lowest BCUT2D eigenvalue weighted by Crippen LogP contribution is -1.96. The van der Waals surface area contributed by atoms with E-state index in [4.69, 9.17) is 39.0 Å². The second kappa shape index (κ2) is 6.10. The van der Waals surface area contributed by atoms with Gasteiger partial charge in [-0.05, 0) is 58.0 Å². The fourth-order valence-electron chi connectivity index (χ4n) is 1.06. The van der Waals surface area contributed by atoms with Crippen LogP contribution in [0.25, 0.3) is 0 Å². The van der Waals surface area contributed by atoms with Crippen LogP contribution < -0.4 is 5.09 Å². The Morgan fingerprint density at radius 3 is 2.22 bits per heavy atom. The average molecular weight is 345 g/mol. The Kier molecular flexibility index (Phi) is 5.27. The Morgan fingerprint density at radius 1 is 1.22 bits per heavy atom. The van der Waals surface area contributed by atoms with Gasteiger partial charge in [-0.25, -0.2) is 8.42 Å². The first kappa shape index (κ1) is 15.6. The lowest BCUT2D eigenvalue weighted by molar-refractivity contribution is 0.604. The van der Waals surface area contributed by atoms with E-state index < -0.39 is 15.3 Å². The molecule has 0 aliphatic heterocycles. The summed E-state index contributed by atoms with van der Waals surface area (Å²) in [6.07, 6.45) is 0.897. The lowest BCUT2D eigenvalue weighted by atomic mass is 10.3. The monoisotopic (exact) mass is 343 g/mol. The minimum absolute atomic E-state index is 0.0576. The summed E-state index contributed by atoms with van der Waals surface area (Å²) in [4.78, 5) is 0.0576. The third-order valence-corrected chi connectivity index (χ3v) is 4.46. The first-order valence-electron chi connectivity index (χ1n) is 4.42. The van der Waals surface area contributed by atoms with E-state index in [2.05, 4.69) is 5.09 Å². The second-order valence-corrected chi connectivity index (χ2v) is 12.1. The number of nitrogens with zero attached hydrogens (tertiary/aromatic N) is 1. The molecule has 9 heteroatoms. The Labute approximate surface area is 120 Å². The van der Waals surface area contributed by atoms with Gasteiger partial charge in [0.05, 0.1) is 11.0 Å². The van der Waals surface area contributed by atoms with Gasteiger partial charge in [0.1, 0.15) is 0 Å². The molecule has 1 N–H and O–H groups in total. The largest absolute Gasteiger partial charge is 0.334 e. The van der Waals surface area contributed by atoms with Crippen LogP contribution >= 0.6 is 39.2 Å². The highest BCUT2D eigenvalue weighted by atomic mass is 36.1. The normalized spacial score (nSPS) is 12.3. The summed E-state index contributed by atoms with van der Waals surface area (Å²) < 4.78 is 23.3. The molecule has 0 bridgehead atoms. The Balaban J connectivity index is 2.97. The highest BCUT2D eigenvalue weighted by molar-refractivity contribution is 8.33. The molecule has 0 aliphatic carbocycles. The zero-order chi connectivity index (χ0) is 13.8. The molecule has 0 unspecified atom stereocenters. The van der Waals surface area contributed by atoms with Crippen LogP contribution in [0.3, 0.4) is 0 Å². The van der Waals surface area contributed by atoms with Crippen LogP contribution in [0.2, 0.25) is 0 Å². The smallest absolute Gasteiger partial charge is 0.207 e. The van der Waals surface area contributed by atoms with Crippen molar-refractivity contribution < 1.29 is 8.42 Å². The first-order chi connectivity index (χ1) is 8.24. The molecular weight excluding hydrogens is 338 g/mol. The van der Waals surface area contributed by atoms with Gasteiger partial charge in [0.25, 0.3) is 0 Å². The van der Waals surface area contributed by atoms with Crippen molar-refractivity contribution in [1.29, 1.82) is 5.26 Å². The minimum atomic E-state index is -3.60. The van der Waals surface area contributed by atoms with Crippen LogP contribution in [0.1, 0.15) is 0 Å². The standard InChI is InChI=1S/C9H7Cl3N2O2PS/c10-17(11,12)14-8-2-4-9(5-3-8)18(15,16)7-1-6-13/h1-5,7,14H. The number of benzene rings is 1. The second-order valence-electron chi connectivity index (χ2n) is 3.06. The van der Waals surface area contributed by atoms with Crippen LogP contribution in [-0.2, 0) is 9.84 Å². The van der Waals surface area contributed by atoms with Crippen molar-refractivity contribution in [2.75, 3.05) is 5.09 Å². The zero-order valence-electron chi connectivity index (χ0n) is 8.72. The predicted molar refractivity (Wildman–Crippen MR) is 76.5 cm³/mol. The van der Waals surface area contributed by atoms with Crippen molar-refractivity contribution in [2.45, 2.75) is 4.90 Å². The third-order valence-electron chi connectivity index (χ3n) is 1.76. The van der Waals surface area contributed by atoms with Crippen LogP contribution in [0, 0.1) is 11.3 Å². The molecule has 0 saturated carbocycles. The van der Waals surface area contributed by atoms with Gasteiger partial charge in [0.2, 0.25) is 15.3 Å². The van der Waals surface area contributed by atoms with Crippen molar-refractivity contribution in [3.63, 3.8) is 0 Å². The fourth-order valence-corrected chi connectivity index (χ4v) is 3.30. The summed E-state index contributed by atoms with van der Waals surface area (Å²) in [5.74, 6) is 0. The number of rotatable bonds is 4. The molecular formula is C9H7Cl3N2O2PS. The molecule has 0 aromatic heterocycles. The number of anilines is 1. The summed E-state index contributed by atoms with van der Waals surface area (Å²) >= 11 is 16.9. The number of hydrogen-bond acceptors (Lipinski definition) is 4. The molecule has 0 fully saturated rings. The van der Waals surface area contributed by atoms with E-state index in [9.17, 15) is 8.42 Å². The molecule has 0 amide bonds. The van der Waals surface area contributed by atoms with Crippen molar-refractivity contribution in [3.8, 4) is 6.07 Å². The van der Waals surface area contributed by atoms with Gasteiger partial charge in [0, 0.05) is 17.2 Å². The third kappa shape index (κ3) is 5.01. The molecule has 1 aromatic rings. The quantitative estimate of drug-likeness (QED) is 0.653. The summed E-state index contributed by atoms with van der Waals surface area (Å²) in [6.45, 7) is 0. The van der Waals surface area contributed by atoms with Gasteiger partial charge in [-0.15, -0.1) is 0 Å². The predicted octanol–water partition coefficient (Wildman–Crippen LogP) is 4.30. The topological polar surface area (TPSA) is 70.0 Å². The van der Waals surface area contributed by atoms with Crippen LogP contribution in [-0.4, -0.2) is 8.42 Å². The zero-order valence-corrected chi connectivity index (χ0v) is 12.7. The van der Waals surface area contributed by atoms with Crippen molar-refractivity contribution >= 4 is 54.7 Å². The molecule has 0 atom stereocenters. The lowest BCUT2D eigenvalue weighted by Gasteiger charge is -2.15. The number of nitriles is 1. The van der Waals surface area contributed by atoms with E-state index in [1.54, 1.807) is 6.07 Å². The van der Waals surface area contributed by atoms with E-state index in [1.807, 2.05) is 0 Å². The Hall–Kier alpha value is -0.500. The van der Waals surface area contributed by atoms with Gasteiger partial charge >= 0.3 is 0 Å². The molecule has 1 rings (SSSR count). The number of nitrogens with one attached hydrogen (secondary N) is 1. The van der Waals surface area contributed by atoms with Gasteiger partial charge in [0.15, 0.2) is 0 Å². The van der Waals surface area contributed by atoms with Crippen LogP contribution in [0.4, 0.5) is 5.69 Å². The van der Waals surface area contributed by atoms with Gasteiger partial charge in [-0.3, -0.25) is 0 Å². The van der Waals surface area contributed by atoms with Crippen LogP contribution in [0.5, 0.6) is 0 Å². The maximum Gasteiger partial charge on any atom is 0.207 e. The summed E-state index contributed by atoms with van der Waals surface area (Å²) in [6, 6.07) is 7.30. The Bertz CT molecular complexity index is 588.